The predicted octanol–water partition coefficient (Wildman–Crippen LogP) is 6.28. The minimum atomic E-state index is -0.395. The molecule has 1 heterocycles. The number of methoxy groups -OCH3 is 1. The number of esters is 1. The highest BCUT2D eigenvalue weighted by molar-refractivity contribution is 5.74. The lowest BCUT2D eigenvalue weighted by atomic mass is 10.2. The standard InChI is InChI=1S/C28H30N2O6.C2H6/c1-3-33-27(31)20-35-24-9-6-8-21(18-24)19-30(28-29-25-10-4-5-11-26(25)36-28)16-7-17-34-23-14-12-22(32-2)13-15-23;1-2/h4-6,8-15,18H,3,7,16-17,19-20H2,1-2H3;1-2H3. The van der Waals surface area contributed by atoms with Gasteiger partial charge in [0.1, 0.15) is 22.8 Å². The zero-order chi connectivity index (χ0) is 27.2. The van der Waals surface area contributed by atoms with Gasteiger partial charge in [-0.05, 0) is 67.4 Å². The molecular weight excluding hydrogens is 484 g/mol. The van der Waals surface area contributed by atoms with Crippen molar-refractivity contribution in [1.29, 1.82) is 0 Å². The van der Waals surface area contributed by atoms with Gasteiger partial charge in [0.15, 0.2) is 12.2 Å². The molecule has 3 aromatic carbocycles. The van der Waals surface area contributed by atoms with Crippen LogP contribution in [0.4, 0.5) is 6.01 Å². The van der Waals surface area contributed by atoms with Gasteiger partial charge in [-0.2, -0.15) is 4.98 Å². The van der Waals surface area contributed by atoms with Crippen molar-refractivity contribution in [2.45, 2.75) is 33.7 Å². The number of hydrogen-bond donors (Lipinski definition) is 0. The molecule has 0 atom stereocenters. The number of hydrogen-bond acceptors (Lipinski definition) is 8. The molecule has 0 spiro atoms. The largest absolute Gasteiger partial charge is 0.497 e. The average Bonchev–Trinajstić information content (AvgIpc) is 3.40. The number of carbonyl (C=O) groups is 1. The number of ether oxygens (including phenoxy) is 4. The number of benzene rings is 3. The fourth-order valence-electron chi connectivity index (χ4n) is 3.65. The Labute approximate surface area is 224 Å². The van der Waals surface area contributed by atoms with Crippen molar-refractivity contribution in [3.05, 3.63) is 78.4 Å². The molecular formula is C30H36N2O6. The van der Waals surface area contributed by atoms with Crippen molar-refractivity contribution in [2.75, 3.05) is 38.4 Å². The number of carbonyl (C=O) groups excluding carboxylic acids is 1. The summed E-state index contributed by atoms with van der Waals surface area (Å²) in [7, 11) is 1.64. The van der Waals surface area contributed by atoms with E-state index in [1.54, 1.807) is 14.0 Å². The van der Waals surface area contributed by atoms with E-state index >= 15 is 0 Å². The fourth-order valence-corrected chi connectivity index (χ4v) is 3.65. The number of aromatic nitrogens is 1. The summed E-state index contributed by atoms with van der Waals surface area (Å²) in [6.07, 6.45) is 0.754. The molecule has 8 heteroatoms. The molecule has 0 fully saturated rings. The maximum absolute atomic E-state index is 11.6. The van der Waals surface area contributed by atoms with E-state index in [1.165, 1.54) is 0 Å². The summed E-state index contributed by atoms with van der Waals surface area (Å²) in [6.45, 7) is 7.70. The van der Waals surface area contributed by atoms with Crippen LogP contribution in [-0.2, 0) is 16.1 Å². The molecule has 0 aliphatic heterocycles. The molecule has 4 rings (SSSR count). The normalized spacial score (nSPS) is 10.3. The van der Waals surface area contributed by atoms with Gasteiger partial charge in [-0.3, -0.25) is 0 Å². The highest BCUT2D eigenvalue weighted by atomic mass is 16.6. The topological polar surface area (TPSA) is 83.3 Å². The zero-order valence-electron chi connectivity index (χ0n) is 22.5. The Hall–Kier alpha value is -4.20. The van der Waals surface area contributed by atoms with Crippen LogP contribution in [0, 0.1) is 0 Å². The molecule has 0 radical (unpaired) electrons. The molecule has 8 nitrogen and oxygen atoms in total. The molecule has 0 aliphatic rings. The molecule has 0 bridgehead atoms. The van der Waals surface area contributed by atoms with Crippen molar-refractivity contribution < 1.29 is 28.2 Å². The molecule has 4 aromatic rings. The maximum atomic E-state index is 11.6. The van der Waals surface area contributed by atoms with E-state index in [4.69, 9.17) is 23.4 Å². The van der Waals surface area contributed by atoms with Gasteiger partial charge in [0, 0.05) is 13.1 Å². The van der Waals surface area contributed by atoms with Gasteiger partial charge in [-0.15, -0.1) is 0 Å². The molecule has 202 valence electrons. The Morgan fingerprint density at radius 1 is 0.921 bits per heavy atom. The van der Waals surface area contributed by atoms with Crippen LogP contribution >= 0.6 is 0 Å². The Balaban J connectivity index is 0.00000195. The van der Waals surface area contributed by atoms with Crippen LogP contribution < -0.4 is 19.1 Å². The average molecular weight is 521 g/mol. The van der Waals surface area contributed by atoms with Gasteiger partial charge in [0.2, 0.25) is 0 Å². The third kappa shape index (κ3) is 8.44. The van der Waals surface area contributed by atoms with Gasteiger partial charge >= 0.3 is 5.97 Å². The molecule has 38 heavy (non-hydrogen) atoms. The van der Waals surface area contributed by atoms with Gasteiger partial charge < -0.3 is 28.3 Å². The van der Waals surface area contributed by atoms with Crippen LogP contribution in [0.5, 0.6) is 17.2 Å². The second-order valence-electron chi connectivity index (χ2n) is 8.00. The van der Waals surface area contributed by atoms with Gasteiger partial charge in [0.05, 0.1) is 20.3 Å². The second kappa shape index (κ2) is 15.1. The van der Waals surface area contributed by atoms with Crippen LogP contribution in [0.15, 0.2) is 77.2 Å². The van der Waals surface area contributed by atoms with Gasteiger partial charge in [-0.1, -0.05) is 38.1 Å². The fraction of sp³-hybridized carbons (Fsp3) is 0.333. The monoisotopic (exact) mass is 520 g/mol. The van der Waals surface area contributed by atoms with Crippen molar-refractivity contribution in [3.63, 3.8) is 0 Å². The highest BCUT2D eigenvalue weighted by Gasteiger charge is 2.15. The first-order chi connectivity index (χ1) is 18.6. The van der Waals surface area contributed by atoms with E-state index in [-0.39, 0.29) is 6.61 Å². The van der Waals surface area contributed by atoms with Crippen molar-refractivity contribution in [3.8, 4) is 17.2 Å². The van der Waals surface area contributed by atoms with E-state index in [1.807, 2.05) is 86.6 Å². The van der Waals surface area contributed by atoms with Crippen LogP contribution in [-0.4, -0.2) is 44.4 Å². The number of para-hydroxylation sites is 2. The summed E-state index contributed by atoms with van der Waals surface area (Å²) in [4.78, 5) is 18.4. The molecule has 0 unspecified atom stereocenters. The lowest BCUT2D eigenvalue weighted by molar-refractivity contribution is -0.145. The minimum Gasteiger partial charge on any atom is -0.497 e. The Bertz CT molecular complexity index is 1220. The number of rotatable bonds is 13. The molecule has 0 N–H and O–H groups in total. The van der Waals surface area contributed by atoms with Crippen LogP contribution in [0.3, 0.4) is 0 Å². The predicted molar refractivity (Wildman–Crippen MR) is 148 cm³/mol. The third-order valence-electron chi connectivity index (χ3n) is 5.39. The Morgan fingerprint density at radius 2 is 1.68 bits per heavy atom. The first-order valence-electron chi connectivity index (χ1n) is 12.9. The summed E-state index contributed by atoms with van der Waals surface area (Å²) in [5, 5.41) is 0. The number of anilines is 1. The van der Waals surface area contributed by atoms with Gasteiger partial charge in [0.25, 0.3) is 6.01 Å². The quantitative estimate of drug-likeness (QED) is 0.150. The van der Waals surface area contributed by atoms with Crippen LogP contribution in [0.25, 0.3) is 11.1 Å². The van der Waals surface area contributed by atoms with Crippen LogP contribution in [0.1, 0.15) is 32.8 Å². The lowest BCUT2D eigenvalue weighted by Crippen LogP contribution is -2.25. The second-order valence-corrected chi connectivity index (χ2v) is 8.00. The van der Waals surface area contributed by atoms with Crippen molar-refractivity contribution >= 4 is 23.1 Å². The zero-order valence-corrected chi connectivity index (χ0v) is 22.5. The summed E-state index contributed by atoms with van der Waals surface area (Å²) in [5.41, 5.74) is 2.53. The number of fused-ring (bicyclic) bond motifs is 1. The first kappa shape index (κ1) is 28.4. The lowest BCUT2D eigenvalue weighted by Gasteiger charge is -2.21. The molecule has 0 amide bonds. The summed E-state index contributed by atoms with van der Waals surface area (Å²) in [6, 6.07) is 23.4. The summed E-state index contributed by atoms with van der Waals surface area (Å²) < 4.78 is 27.7. The SMILES string of the molecule is CC.CCOC(=O)COc1cccc(CN(CCCOc2ccc(OC)cc2)c2nc3ccccc3o2)c1. The van der Waals surface area contributed by atoms with E-state index in [0.717, 1.165) is 34.6 Å². The first-order valence-corrected chi connectivity index (χ1v) is 12.9. The van der Waals surface area contributed by atoms with Gasteiger partial charge in [-0.25, -0.2) is 4.79 Å². The smallest absolute Gasteiger partial charge is 0.344 e. The summed E-state index contributed by atoms with van der Waals surface area (Å²) >= 11 is 0. The summed E-state index contributed by atoms with van der Waals surface area (Å²) in [5.74, 6) is 1.78. The van der Waals surface area contributed by atoms with Crippen molar-refractivity contribution in [2.24, 2.45) is 0 Å². The molecule has 0 saturated heterocycles. The van der Waals surface area contributed by atoms with E-state index < -0.39 is 5.97 Å². The molecule has 1 aromatic heterocycles. The third-order valence-corrected chi connectivity index (χ3v) is 5.39. The van der Waals surface area contributed by atoms with E-state index in [9.17, 15) is 4.79 Å². The maximum Gasteiger partial charge on any atom is 0.344 e. The highest BCUT2D eigenvalue weighted by Crippen LogP contribution is 2.25. The minimum absolute atomic E-state index is 0.130. The van der Waals surface area contributed by atoms with E-state index in [0.29, 0.717) is 38.1 Å². The van der Waals surface area contributed by atoms with Crippen LogP contribution in [0.2, 0.25) is 0 Å². The van der Waals surface area contributed by atoms with E-state index in [2.05, 4.69) is 9.88 Å². The van der Waals surface area contributed by atoms with Crippen molar-refractivity contribution in [1.82, 2.24) is 4.98 Å². The number of oxazole rings is 1. The number of nitrogens with zero attached hydrogens (tertiary/aromatic N) is 2. The molecule has 0 saturated carbocycles. The Kier molecular flexibility index (Phi) is 11.3. The molecule has 0 aliphatic carbocycles. The Morgan fingerprint density at radius 3 is 2.42 bits per heavy atom.